The maximum absolute atomic E-state index is 11.4. The molecule has 0 aliphatic carbocycles. The quantitative estimate of drug-likeness (QED) is 0.874. The molecule has 5 heteroatoms. The van der Waals surface area contributed by atoms with Crippen molar-refractivity contribution in [3.05, 3.63) is 17.5 Å². The zero-order valence-corrected chi connectivity index (χ0v) is 11.4. The summed E-state index contributed by atoms with van der Waals surface area (Å²) in [4.78, 5) is 13.9. The topological polar surface area (TPSA) is 64.2 Å². The molecule has 0 bridgehead atoms. The molecular formula is C13H22N4O. The first-order valence-electron chi connectivity index (χ1n) is 6.56. The number of carbonyl (C=O) groups excluding carboxylic acids is 1. The fourth-order valence-electron chi connectivity index (χ4n) is 2.70. The number of carbonyl (C=O) groups is 1. The van der Waals surface area contributed by atoms with Gasteiger partial charge in [-0.15, -0.1) is 0 Å². The van der Waals surface area contributed by atoms with Crippen molar-refractivity contribution >= 4 is 5.91 Å². The summed E-state index contributed by atoms with van der Waals surface area (Å²) in [6.07, 6.45) is 3.96. The van der Waals surface area contributed by atoms with Gasteiger partial charge >= 0.3 is 0 Å². The Kier molecular flexibility index (Phi) is 3.71. The molecule has 1 saturated heterocycles. The lowest BCUT2D eigenvalue weighted by Gasteiger charge is -2.35. The van der Waals surface area contributed by atoms with Crippen molar-refractivity contribution in [1.82, 2.24) is 14.7 Å². The number of aromatic nitrogens is 2. The van der Waals surface area contributed by atoms with Crippen molar-refractivity contribution in [2.45, 2.75) is 38.6 Å². The van der Waals surface area contributed by atoms with Gasteiger partial charge in [-0.1, -0.05) is 0 Å². The Labute approximate surface area is 108 Å². The Hall–Kier alpha value is -1.36. The van der Waals surface area contributed by atoms with Crippen LogP contribution in [-0.4, -0.2) is 39.7 Å². The Balaban J connectivity index is 2.23. The number of hydrogen-bond acceptors (Lipinski definition) is 3. The van der Waals surface area contributed by atoms with Gasteiger partial charge in [0.15, 0.2) is 0 Å². The number of primary amides is 1. The summed E-state index contributed by atoms with van der Waals surface area (Å²) in [5.41, 5.74) is 6.87. The SMILES string of the molecule is CC(C)N1CCC[C@@H](c2nn(C)cc2C(N)=O)C1. The van der Waals surface area contributed by atoms with Crippen LogP contribution in [0.15, 0.2) is 6.20 Å². The van der Waals surface area contributed by atoms with Crippen molar-refractivity contribution in [1.29, 1.82) is 0 Å². The molecular weight excluding hydrogens is 228 g/mol. The maximum atomic E-state index is 11.4. The van der Waals surface area contributed by atoms with Crippen molar-refractivity contribution in [3.63, 3.8) is 0 Å². The van der Waals surface area contributed by atoms with Crippen molar-refractivity contribution in [2.24, 2.45) is 12.8 Å². The second kappa shape index (κ2) is 5.10. The summed E-state index contributed by atoms with van der Waals surface area (Å²) in [6.45, 7) is 6.51. The van der Waals surface area contributed by atoms with Crippen LogP contribution in [0.25, 0.3) is 0 Å². The lowest BCUT2D eigenvalue weighted by molar-refractivity contribution is 0.0997. The molecule has 1 aromatic heterocycles. The minimum absolute atomic E-state index is 0.324. The van der Waals surface area contributed by atoms with Gasteiger partial charge in [0.2, 0.25) is 0 Å². The fourth-order valence-corrected chi connectivity index (χ4v) is 2.70. The molecule has 1 fully saturated rings. The molecule has 1 aromatic rings. The summed E-state index contributed by atoms with van der Waals surface area (Å²) in [5.74, 6) is -0.0513. The van der Waals surface area contributed by atoms with E-state index in [2.05, 4.69) is 23.8 Å². The Morgan fingerprint density at radius 1 is 1.56 bits per heavy atom. The first kappa shape index (κ1) is 13.1. The van der Waals surface area contributed by atoms with Crippen LogP contribution in [0.2, 0.25) is 0 Å². The van der Waals surface area contributed by atoms with E-state index in [4.69, 9.17) is 5.73 Å². The molecule has 0 radical (unpaired) electrons. The predicted molar refractivity (Wildman–Crippen MR) is 70.4 cm³/mol. The Morgan fingerprint density at radius 3 is 2.89 bits per heavy atom. The molecule has 0 aromatic carbocycles. The highest BCUT2D eigenvalue weighted by atomic mass is 16.1. The van der Waals surface area contributed by atoms with Gasteiger partial charge in [0.05, 0.1) is 11.3 Å². The molecule has 0 spiro atoms. The normalized spacial score (nSPS) is 21.4. The van der Waals surface area contributed by atoms with Gasteiger partial charge in [-0.2, -0.15) is 5.10 Å². The molecule has 5 nitrogen and oxygen atoms in total. The molecule has 18 heavy (non-hydrogen) atoms. The van der Waals surface area contributed by atoms with Gasteiger partial charge in [0.25, 0.3) is 5.91 Å². The summed E-state index contributed by atoms with van der Waals surface area (Å²) in [6, 6.07) is 0.536. The molecule has 1 aliphatic rings. The third-order valence-corrected chi connectivity index (χ3v) is 3.69. The van der Waals surface area contributed by atoms with Gasteiger partial charge in [-0.3, -0.25) is 9.48 Å². The van der Waals surface area contributed by atoms with Gasteiger partial charge in [-0.05, 0) is 33.2 Å². The smallest absolute Gasteiger partial charge is 0.252 e. The number of likely N-dealkylation sites (tertiary alicyclic amines) is 1. The lowest BCUT2D eigenvalue weighted by atomic mass is 9.92. The number of amides is 1. The number of nitrogens with two attached hydrogens (primary N) is 1. The standard InChI is InChI=1S/C13H22N4O/c1-9(2)17-6-4-5-10(7-17)12-11(13(14)18)8-16(3)15-12/h8-10H,4-7H2,1-3H3,(H2,14,18)/t10-/m1/s1. The third-order valence-electron chi connectivity index (χ3n) is 3.69. The molecule has 1 atom stereocenters. The van der Waals surface area contributed by atoms with E-state index in [0.717, 1.165) is 31.6 Å². The highest BCUT2D eigenvalue weighted by Crippen LogP contribution is 2.28. The summed E-state index contributed by atoms with van der Waals surface area (Å²) < 4.78 is 1.68. The van der Waals surface area contributed by atoms with E-state index in [1.807, 2.05) is 7.05 Å². The first-order chi connectivity index (χ1) is 8.49. The zero-order valence-electron chi connectivity index (χ0n) is 11.4. The first-order valence-corrected chi connectivity index (χ1v) is 6.56. The molecule has 0 saturated carbocycles. The number of nitrogens with zero attached hydrogens (tertiary/aromatic N) is 3. The summed E-state index contributed by atoms with van der Waals surface area (Å²) in [7, 11) is 1.83. The number of piperidine rings is 1. The Bertz CT molecular complexity index is 438. The highest BCUT2D eigenvalue weighted by molar-refractivity contribution is 5.93. The predicted octanol–water partition coefficient (Wildman–Crippen LogP) is 1.11. The van der Waals surface area contributed by atoms with E-state index in [1.54, 1.807) is 10.9 Å². The molecule has 2 N–H and O–H groups in total. The van der Waals surface area contributed by atoms with E-state index in [-0.39, 0.29) is 5.91 Å². The molecule has 1 aliphatic heterocycles. The zero-order chi connectivity index (χ0) is 13.3. The van der Waals surface area contributed by atoms with E-state index in [9.17, 15) is 4.79 Å². The number of hydrogen-bond donors (Lipinski definition) is 1. The van der Waals surface area contributed by atoms with Crippen molar-refractivity contribution in [2.75, 3.05) is 13.1 Å². The second-order valence-corrected chi connectivity index (χ2v) is 5.39. The summed E-state index contributed by atoms with van der Waals surface area (Å²) >= 11 is 0. The average molecular weight is 250 g/mol. The van der Waals surface area contributed by atoms with Crippen LogP contribution < -0.4 is 5.73 Å². The van der Waals surface area contributed by atoms with Crippen molar-refractivity contribution < 1.29 is 4.79 Å². The van der Waals surface area contributed by atoms with Crippen LogP contribution in [0.3, 0.4) is 0 Å². The third kappa shape index (κ3) is 2.56. The van der Waals surface area contributed by atoms with Crippen LogP contribution in [0.5, 0.6) is 0 Å². The van der Waals surface area contributed by atoms with E-state index in [1.165, 1.54) is 0 Å². The van der Waals surface area contributed by atoms with Gasteiger partial charge in [0.1, 0.15) is 0 Å². The van der Waals surface area contributed by atoms with Crippen LogP contribution in [0, 0.1) is 0 Å². The minimum Gasteiger partial charge on any atom is -0.365 e. The molecule has 2 heterocycles. The van der Waals surface area contributed by atoms with E-state index in [0.29, 0.717) is 17.5 Å². The molecule has 2 rings (SSSR count). The van der Waals surface area contributed by atoms with Crippen LogP contribution in [0.4, 0.5) is 0 Å². The van der Waals surface area contributed by atoms with E-state index < -0.39 is 0 Å². The van der Waals surface area contributed by atoms with Crippen LogP contribution in [-0.2, 0) is 7.05 Å². The molecule has 1 amide bonds. The van der Waals surface area contributed by atoms with Crippen LogP contribution in [0.1, 0.15) is 48.7 Å². The highest BCUT2D eigenvalue weighted by Gasteiger charge is 2.28. The van der Waals surface area contributed by atoms with Gasteiger partial charge in [0, 0.05) is 31.7 Å². The lowest BCUT2D eigenvalue weighted by Crippen LogP contribution is -2.39. The maximum Gasteiger partial charge on any atom is 0.252 e. The van der Waals surface area contributed by atoms with Gasteiger partial charge < -0.3 is 10.6 Å². The molecule has 100 valence electrons. The van der Waals surface area contributed by atoms with Crippen LogP contribution >= 0.6 is 0 Å². The summed E-state index contributed by atoms with van der Waals surface area (Å²) in [5, 5.41) is 4.44. The fraction of sp³-hybridized carbons (Fsp3) is 0.692. The monoisotopic (exact) mass is 250 g/mol. The number of aryl methyl sites for hydroxylation is 1. The number of rotatable bonds is 3. The Morgan fingerprint density at radius 2 is 2.28 bits per heavy atom. The van der Waals surface area contributed by atoms with E-state index >= 15 is 0 Å². The molecule has 0 unspecified atom stereocenters. The van der Waals surface area contributed by atoms with Crippen molar-refractivity contribution in [3.8, 4) is 0 Å². The second-order valence-electron chi connectivity index (χ2n) is 5.39. The average Bonchev–Trinajstić information content (AvgIpc) is 2.72. The minimum atomic E-state index is -0.375. The van der Waals surface area contributed by atoms with Gasteiger partial charge in [-0.25, -0.2) is 0 Å². The largest absolute Gasteiger partial charge is 0.365 e.